The number of piperazine rings is 1. The van der Waals surface area contributed by atoms with Gasteiger partial charge in [0, 0.05) is 112 Å². The van der Waals surface area contributed by atoms with Crippen LogP contribution in [0.1, 0.15) is 58.1 Å². The molecule has 0 bridgehead atoms. The van der Waals surface area contributed by atoms with Crippen molar-refractivity contribution in [1.82, 2.24) is 39.4 Å². The summed E-state index contributed by atoms with van der Waals surface area (Å²) in [6, 6.07) is 13.2. The molecule has 380 valence electrons. The molecule has 3 aromatic heterocycles. The SMILES string of the molecule is CCOc1cc(N2CCC(N3CCN(CC4CN(c5cccc6c5oc(=O)n6C5CCC(=O)NC5=O)C4)CC3)CC2)c(CC)cc1Nc1ncc(Br)c(Nc2ccc3c(=O)n(CC)ncc3c2P(C)(C)=O)n1. The lowest BCUT2D eigenvalue weighted by molar-refractivity contribution is -0.135. The number of halogens is 1. The van der Waals surface area contributed by atoms with Crippen LogP contribution in [0.2, 0.25) is 0 Å². The van der Waals surface area contributed by atoms with E-state index in [1.807, 2.05) is 26.0 Å². The van der Waals surface area contributed by atoms with Crippen molar-refractivity contribution in [3.05, 3.63) is 85.8 Å². The van der Waals surface area contributed by atoms with Crippen molar-refractivity contribution in [2.45, 2.75) is 71.5 Å². The Morgan fingerprint density at radius 3 is 2.36 bits per heavy atom. The molecule has 4 saturated heterocycles. The number of para-hydroxylation sites is 1. The minimum absolute atomic E-state index is 0.184. The maximum Gasteiger partial charge on any atom is 0.420 e. The smallest absolute Gasteiger partial charge is 0.420 e. The Morgan fingerprint density at radius 2 is 1.65 bits per heavy atom. The fourth-order valence-electron chi connectivity index (χ4n) is 11.0. The van der Waals surface area contributed by atoms with E-state index in [4.69, 9.17) is 14.1 Å². The largest absolute Gasteiger partial charge is 0.492 e. The zero-order chi connectivity index (χ0) is 50.4. The number of carbonyl (C=O) groups is 2. The van der Waals surface area contributed by atoms with E-state index in [2.05, 4.69) is 80.6 Å². The highest BCUT2D eigenvalue weighted by Crippen LogP contribution is 2.42. The van der Waals surface area contributed by atoms with Gasteiger partial charge in [0.2, 0.25) is 17.8 Å². The molecule has 3 N–H and O–H groups in total. The lowest BCUT2D eigenvalue weighted by Crippen LogP contribution is -2.57. The van der Waals surface area contributed by atoms with Crippen LogP contribution in [0, 0.1) is 5.92 Å². The molecular weight excluding hydrogens is 1000 g/mol. The summed E-state index contributed by atoms with van der Waals surface area (Å²) in [5.74, 6) is 0.655. The molecule has 1 unspecified atom stereocenters. The number of amides is 2. The Balaban J connectivity index is 0.747. The van der Waals surface area contributed by atoms with Crippen molar-refractivity contribution in [2.24, 2.45) is 5.92 Å². The first kappa shape index (κ1) is 49.5. The summed E-state index contributed by atoms with van der Waals surface area (Å²) in [5.41, 5.74) is 5.41. The van der Waals surface area contributed by atoms with Crippen molar-refractivity contribution in [2.75, 3.05) is 99.3 Å². The molecule has 1 atom stereocenters. The number of hydrogen-bond acceptors (Lipinski definition) is 16. The van der Waals surface area contributed by atoms with Crippen LogP contribution in [0.5, 0.6) is 5.75 Å². The number of ether oxygens (including phenoxy) is 1. The molecular formula is C51H62BrN12O7P. The number of nitrogens with zero attached hydrogens (tertiary/aromatic N) is 9. The minimum Gasteiger partial charge on any atom is -0.492 e. The average Bonchev–Trinajstić information content (AvgIpc) is 3.69. The van der Waals surface area contributed by atoms with Gasteiger partial charge in [-0.25, -0.2) is 14.5 Å². The van der Waals surface area contributed by atoms with Crippen molar-refractivity contribution < 1.29 is 23.3 Å². The molecule has 21 heteroatoms. The third-order valence-electron chi connectivity index (χ3n) is 14.6. The van der Waals surface area contributed by atoms with Gasteiger partial charge in [-0.3, -0.25) is 29.2 Å². The predicted molar refractivity (Wildman–Crippen MR) is 285 cm³/mol. The molecule has 19 nitrogen and oxygen atoms in total. The summed E-state index contributed by atoms with van der Waals surface area (Å²) < 4.78 is 29.2. The highest BCUT2D eigenvalue weighted by molar-refractivity contribution is 9.10. The molecule has 6 aromatic rings. The molecule has 72 heavy (non-hydrogen) atoms. The second-order valence-electron chi connectivity index (χ2n) is 19.6. The number of imide groups is 1. The number of oxazole rings is 1. The van der Waals surface area contributed by atoms with E-state index in [-0.39, 0.29) is 24.3 Å². The minimum atomic E-state index is -2.91. The van der Waals surface area contributed by atoms with Gasteiger partial charge in [0.15, 0.2) is 5.58 Å². The third-order valence-corrected chi connectivity index (χ3v) is 16.8. The Labute approximate surface area is 425 Å². The van der Waals surface area contributed by atoms with E-state index in [0.29, 0.717) is 80.0 Å². The molecule has 7 heterocycles. The lowest BCUT2D eigenvalue weighted by Gasteiger charge is -2.46. The summed E-state index contributed by atoms with van der Waals surface area (Å²) in [4.78, 5) is 70.0. The Bertz CT molecular complexity index is 3220. The lowest BCUT2D eigenvalue weighted by atomic mass is 9.97. The van der Waals surface area contributed by atoms with Crippen LogP contribution < -0.4 is 47.1 Å². The number of carbonyl (C=O) groups excluding carboxylic acids is 2. The van der Waals surface area contributed by atoms with E-state index in [1.165, 1.54) is 20.5 Å². The Kier molecular flexibility index (Phi) is 14.1. The van der Waals surface area contributed by atoms with Gasteiger partial charge in [-0.1, -0.05) is 13.0 Å². The molecule has 4 aliphatic rings. The van der Waals surface area contributed by atoms with Gasteiger partial charge in [0.1, 0.15) is 24.8 Å². The summed E-state index contributed by atoms with van der Waals surface area (Å²) in [6.07, 6.45) is 6.73. The number of anilines is 6. The topological polar surface area (TPSA) is 205 Å². The predicted octanol–water partition coefficient (Wildman–Crippen LogP) is 6.27. The van der Waals surface area contributed by atoms with Gasteiger partial charge >= 0.3 is 5.76 Å². The van der Waals surface area contributed by atoms with Crippen LogP contribution in [0.15, 0.2) is 73.3 Å². The first-order chi connectivity index (χ1) is 34.7. The van der Waals surface area contributed by atoms with Crippen LogP contribution in [0.4, 0.5) is 34.5 Å². The monoisotopic (exact) mass is 1060 g/mol. The highest BCUT2D eigenvalue weighted by atomic mass is 79.9. The molecule has 2 amide bonds. The van der Waals surface area contributed by atoms with Crippen LogP contribution in [0.25, 0.3) is 21.9 Å². The summed E-state index contributed by atoms with van der Waals surface area (Å²) in [6.45, 7) is 19.1. The first-order valence-electron chi connectivity index (χ1n) is 25.1. The highest BCUT2D eigenvalue weighted by Gasteiger charge is 2.36. The number of nitrogens with one attached hydrogen (secondary N) is 3. The van der Waals surface area contributed by atoms with Crippen LogP contribution in [-0.2, 0) is 27.1 Å². The van der Waals surface area contributed by atoms with Gasteiger partial charge in [-0.15, -0.1) is 0 Å². The van der Waals surface area contributed by atoms with E-state index >= 15 is 0 Å². The number of fused-ring (bicyclic) bond motifs is 2. The number of benzene rings is 3. The second-order valence-corrected chi connectivity index (χ2v) is 23.6. The van der Waals surface area contributed by atoms with E-state index in [0.717, 1.165) is 89.5 Å². The zero-order valence-electron chi connectivity index (χ0n) is 41.4. The molecule has 10 rings (SSSR count). The first-order valence-corrected chi connectivity index (χ1v) is 28.5. The van der Waals surface area contributed by atoms with Crippen LogP contribution in [-0.4, -0.2) is 131 Å². The number of piperidine rings is 2. The van der Waals surface area contributed by atoms with E-state index < -0.39 is 24.8 Å². The average molecular weight is 1070 g/mol. The molecule has 3 aromatic carbocycles. The Morgan fingerprint density at radius 1 is 0.875 bits per heavy atom. The van der Waals surface area contributed by atoms with Gasteiger partial charge in [-0.2, -0.15) is 10.1 Å². The van der Waals surface area contributed by atoms with Gasteiger partial charge in [0.05, 0.1) is 45.2 Å². The van der Waals surface area contributed by atoms with Crippen molar-refractivity contribution in [1.29, 1.82) is 0 Å². The second kappa shape index (κ2) is 20.4. The molecule has 0 aliphatic carbocycles. The van der Waals surface area contributed by atoms with E-state index in [9.17, 15) is 23.7 Å². The summed E-state index contributed by atoms with van der Waals surface area (Å²) >= 11 is 3.61. The van der Waals surface area contributed by atoms with Crippen LogP contribution >= 0.6 is 23.1 Å². The fraction of sp³-hybridized carbons (Fsp3) is 0.471. The molecule has 4 fully saturated rings. The number of aromatic nitrogens is 5. The van der Waals surface area contributed by atoms with Crippen molar-refractivity contribution >= 4 is 96.6 Å². The zero-order valence-corrected chi connectivity index (χ0v) is 43.9. The van der Waals surface area contributed by atoms with E-state index in [1.54, 1.807) is 43.9 Å². The maximum atomic E-state index is 13.8. The van der Waals surface area contributed by atoms with Gasteiger partial charge in [0.25, 0.3) is 5.56 Å². The number of hydrogen-bond donors (Lipinski definition) is 3. The van der Waals surface area contributed by atoms with Crippen molar-refractivity contribution in [3.63, 3.8) is 0 Å². The summed E-state index contributed by atoms with van der Waals surface area (Å²) in [7, 11) is -2.91. The quantitative estimate of drug-likeness (QED) is 0.0766. The molecule has 0 saturated carbocycles. The molecule has 4 aliphatic heterocycles. The summed E-state index contributed by atoms with van der Waals surface area (Å²) in [5, 5.41) is 15.0. The molecule has 0 radical (unpaired) electrons. The normalized spacial score (nSPS) is 18.7. The van der Waals surface area contributed by atoms with Crippen LogP contribution in [0.3, 0.4) is 0 Å². The standard InChI is InChI=1S/C51H62BrN12O7P/c1-6-32-24-38(56-50-53-27-36(52)47(58-50)55-37-13-12-34-35(46(37)72(4,5)69)26-54-63(7-2)49(34)67)43(70-8-3)25-42(32)61-18-16-33(17-19-61)60-22-20-59(21-23-60)28-31-29-62(30-31)39-10-9-11-40-45(39)71-51(68)64(40)41-14-15-44(65)57-48(41)66/h9-13,24-27,31,33,41H,6-8,14-23,28-30H2,1-5H3,(H,57,65,66)(H2,53,55,56,58). The van der Waals surface area contributed by atoms with Gasteiger partial charge in [-0.05, 0) is 105 Å². The molecule has 0 spiro atoms. The van der Waals surface area contributed by atoms with Gasteiger partial charge < -0.3 is 39.1 Å². The number of aryl methyl sites for hydroxylation is 2. The third kappa shape index (κ3) is 9.77. The van der Waals surface area contributed by atoms with Crippen molar-refractivity contribution in [3.8, 4) is 5.75 Å². The fourth-order valence-corrected chi connectivity index (χ4v) is 12.8. The maximum absolute atomic E-state index is 13.8. The number of rotatable bonds is 15. The Hall–Kier alpha value is -6.08.